The van der Waals surface area contributed by atoms with Gasteiger partial charge in [0.05, 0.1) is 0 Å². The average molecular weight is 781 g/mol. The van der Waals surface area contributed by atoms with Gasteiger partial charge in [0.1, 0.15) is 35.3 Å². The number of phenols is 2. The zero-order valence-electron chi connectivity index (χ0n) is 25.4. The predicted molar refractivity (Wildman–Crippen MR) is 197 cm³/mol. The number of amidine groups is 2. The fraction of sp³-hybridized carbons (Fsp3) is 0.235. The van der Waals surface area contributed by atoms with Gasteiger partial charge < -0.3 is 25.5 Å². The molecule has 0 fully saturated rings. The molecule has 4 aromatic rings. The Kier molecular flexibility index (Phi) is 13.9. The first kappa shape index (κ1) is 38.1. The van der Waals surface area contributed by atoms with E-state index in [2.05, 4.69) is 0 Å². The molecule has 4 N–H and O–H groups in total. The summed E-state index contributed by atoms with van der Waals surface area (Å²) in [6.45, 7) is 0. The third kappa shape index (κ3) is 8.20. The maximum Gasteiger partial charge on any atom is 0.121 e. The topological polar surface area (TPSA) is 103 Å². The number of aliphatic imine (C=N–C) groups is 2. The Hall–Kier alpha value is -3.08. The zero-order chi connectivity index (χ0) is 30.0. The van der Waals surface area contributed by atoms with Gasteiger partial charge in [0.25, 0.3) is 0 Å². The smallest absolute Gasteiger partial charge is 0.121 e. The molecule has 0 amide bonds. The van der Waals surface area contributed by atoms with E-state index in [4.69, 9.17) is 33.2 Å². The normalized spacial score (nSPS) is 16.0. The van der Waals surface area contributed by atoms with Crippen LogP contribution >= 0.6 is 57.2 Å². The van der Waals surface area contributed by atoms with Crippen LogP contribution in [-0.2, 0) is 12.8 Å². The molecule has 4 aromatic carbocycles. The molecule has 2 heterocycles. The number of benzene rings is 4. The van der Waals surface area contributed by atoms with Gasteiger partial charge >= 0.3 is 0 Å². The number of fused-ring (bicyclic) bond motifs is 2. The Morgan fingerprint density at radius 3 is 1.27 bits per heavy atom. The molecule has 2 aliphatic rings. The van der Waals surface area contributed by atoms with Gasteiger partial charge in [0.2, 0.25) is 0 Å². The molecule has 2 aliphatic heterocycles. The van der Waals surface area contributed by atoms with Crippen molar-refractivity contribution in [2.45, 2.75) is 24.9 Å². The Morgan fingerprint density at radius 1 is 0.578 bits per heavy atom. The summed E-state index contributed by atoms with van der Waals surface area (Å²) in [4.78, 5) is 13.6. The van der Waals surface area contributed by atoms with Crippen LogP contribution in [0, 0.1) is 0 Å². The van der Waals surface area contributed by atoms with E-state index in [0.717, 1.165) is 57.9 Å². The highest BCUT2D eigenvalue weighted by atomic mass is 79.9. The number of nitrogens with zero attached hydrogens (tertiary/aromatic N) is 4. The summed E-state index contributed by atoms with van der Waals surface area (Å²) in [6, 6.07) is 26.0. The summed E-state index contributed by atoms with van der Waals surface area (Å²) in [5, 5.41) is 21.9. The molecule has 0 saturated heterocycles. The standard InChI is InChI=1S/2C17H17ClN2O.2BrH.H2O/c2*1-20(2)15-10-11-6-5-9-14(21)16(11)17(19-15)12-7-3-4-8-13(12)18;;;/h2*3-9,17,21H,10H2,1-2H3;2*1H;1H2. The summed E-state index contributed by atoms with van der Waals surface area (Å²) in [6.07, 6.45) is 1.44. The van der Waals surface area contributed by atoms with E-state index < -0.39 is 0 Å². The lowest BCUT2D eigenvalue weighted by molar-refractivity contribution is 0.461. The van der Waals surface area contributed by atoms with Gasteiger partial charge in [-0.2, -0.15) is 0 Å². The Morgan fingerprint density at radius 2 is 0.933 bits per heavy atom. The zero-order valence-corrected chi connectivity index (χ0v) is 30.3. The summed E-state index contributed by atoms with van der Waals surface area (Å²) in [5.41, 5.74) is 5.74. The lowest BCUT2D eigenvalue weighted by Crippen LogP contribution is -2.28. The lowest BCUT2D eigenvalue weighted by atomic mass is 9.89. The third-order valence-electron chi connectivity index (χ3n) is 7.58. The maximum absolute atomic E-state index is 10.3. The molecule has 11 heteroatoms. The number of likely N-dealkylation sites (N-methyl/N-ethyl adjacent to an activating group) is 2. The van der Waals surface area contributed by atoms with Gasteiger partial charge in [-0.1, -0.05) is 83.9 Å². The number of phenolic OH excluding ortho intramolecular Hbond substituents is 2. The molecule has 0 aliphatic carbocycles. The SMILES string of the molecule is Br.Br.CN(C)C1=NC(c2ccccc2Cl)c2c(O)cccc2C1.CN(C)C1=NC(c2ccccc2Cl)c2c(O)cccc2C1.O. The fourth-order valence-electron chi connectivity index (χ4n) is 5.39. The van der Waals surface area contributed by atoms with Crippen molar-refractivity contribution in [3.8, 4) is 11.5 Å². The average Bonchev–Trinajstić information content (AvgIpc) is 2.97. The molecular formula is C34H38Br2Cl2N4O3. The number of rotatable bonds is 2. The minimum absolute atomic E-state index is 0. The minimum Gasteiger partial charge on any atom is -0.508 e. The molecule has 6 rings (SSSR count). The van der Waals surface area contributed by atoms with Gasteiger partial charge in [0.15, 0.2) is 0 Å². The quantitative estimate of drug-likeness (QED) is 0.219. The highest BCUT2D eigenvalue weighted by Crippen LogP contribution is 2.42. The van der Waals surface area contributed by atoms with Crippen LogP contribution in [0.3, 0.4) is 0 Å². The van der Waals surface area contributed by atoms with Crippen LogP contribution in [0.2, 0.25) is 10.0 Å². The van der Waals surface area contributed by atoms with E-state index in [9.17, 15) is 10.2 Å². The summed E-state index contributed by atoms with van der Waals surface area (Å²) in [7, 11) is 7.93. The van der Waals surface area contributed by atoms with Crippen molar-refractivity contribution in [2.75, 3.05) is 28.2 Å². The van der Waals surface area contributed by atoms with Crippen molar-refractivity contribution in [1.82, 2.24) is 9.80 Å². The number of hydrogen-bond acceptors (Lipinski definition) is 6. The van der Waals surface area contributed by atoms with Crippen molar-refractivity contribution in [1.29, 1.82) is 0 Å². The van der Waals surface area contributed by atoms with E-state index >= 15 is 0 Å². The van der Waals surface area contributed by atoms with E-state index in [1.54, 1.807) is 12.1 Å². The van der Waals surface area contributed by atoms with E-state index in [1.807, 2.05) is 111 Å². The van der Waals surface area contributed by atoms with Crippen LogP contribution < -0.4 is 0 Å². The Labute approximate surface area is 295 Å². The van der Waals surface area contributed by atoms with Gasteiger partial charge in [-0.15, -0.1) is 34.0 Å². The second-order valence-electron chi connectivity index (χ2n) is 10.8. The summed E-state index contributed by atoms with van der Waals surface area (Å²) >= 11 is 12.7. The highest BCUT2D eigenvalue weighted by molar-refractivity contribution is 8.93. The second kappa shape index (κ2) is 16.5. The first-order valence-electron chi connectivity index (χ1n) is 13.7. The van der Waals surface area contributed by atoms with Gasteiger partial charge in [-0.05, 0) is 46.5 Å². The van der Waals surface area contributed by atoms with Gasteiger partial charge in [-0.3, -0.25) is 9.98 Å². The van der Waals surface area contributed by atoms with E-state index in [0.29, 0.717) is 10.0 Å². The van der Waals surface area contributed by atoms with Crippen LogP contribution in [-0.4, -0.2) is 65.4 Å². The largest absolute Gasteiger partial charge is 0.508 e. The van der Waals surface area contributed by atoms with Crippen LogP contribution in [0.5, 0.6) is 11.5 Å². The minimum atomic E-state index is -0.263. The van der Waals surface area contributed by atoms with Crippen molar-refractivity contribution >= 4 is 68.8 Å². The van der Waals surface area contributed by atoms with Crippen LogP contribution in [0.4, 0.5) is 0 Å². The molecule has 0 saturated carbocycles. The monoisotopic (exact) mass is 778 g/mol. The van der Waals surface area contributed by atoms with Crippen molar-refractivity contribution < 1.29 is 15.7 Å². The second-order valence-corrected chi connectivity index (χ2v) is 11.6. The fourth-order valence-corrected chi connectivity index (χ4v) is 5.87. The van der Waals surface area contributed by atoms with Gasteiger partial charge in [-0.25, -0.2) is 0 Å². The molecule has 45 heavy (non-hydrogen) atoms. The van der Waals surface area contributed by atoms with Crippen molar-refractivity contribution in [2.24, 2.45) is 9.98 Å². The number of halogens is 4. The van der Waals surface area contributed by atoms with Crippen molar-refractivity contribution in [3.05, 3.63) is 128 Å². The third-order valence-corrected chi connectivity index (χ3v) is 8.27. The molecule has 7 nitrogen and oxygen atoms in total. The summed E-state index contributed by atoms with van der Waals surface area (Å²) in [5.74, 6) is 2.52. The molecular weight excluding hydrogens is 743 g/mol. The van der Waals surface area contributed by atoms with Crippen molar-refractivity contribution in [3.63, 3.8) is 0 Å². The van der Waals surface area contributed by atoms with Crippen LogP contribution in [0.1, 0.15) is 45.5 Å². The first-order valence-corrected chi connectivity index (χ1v) is 14.5. The molecule has 0 aromatic heterocycles. The Balaban J connectivity index is 0.000000294. The van der Waals surface area contributed by atoms with E-state index in [1.165, 1.54) is 0 Å². The molecule has 0 spiro atoms. The molecule has 2 atom stereocenters. The lowest BCUT2D eigenvalue weighted by Gasteiger charge is -2.28. The predicted octanol–water partition coefficient (Wildman–Crippen LogP) is 7.63. The summed E-state index contributed by atoms with van der Waals surface area (Å²) < 4.78 is 0. The van der Waals surface area contributed by atoms with Gasteiger partial charge in [0, 0.05) is 62.2 Å². The first-order chi connectivity index (χ1) is 20.2. The number of aromatic hydroxyl groups is 2. The molecule has 240 valence electrons. The van der Waals surface area contributed by atoms with Crippen LogP contribution in [0.15, 0.2) is 94.9 Å². The molecule has 0 radical (unpaired) electrons. The Bertz CT molecular complexity index is 1560. The highest BCUT2D eigenvalue weighted by Gasteiger charge is 2.29. The molecule has 0 bridgehead atoms. The maximum atomic E-state index is 10.3. The van der Waals surface area contributed by atoms with E-state index in [-0.39, 0.29) is 63.0 Å². The van der Waals surface area contributed by atoms with Crippen LogP contribution in [0.25, 0.3) is 0 Å². The molecule has 2 unspecified atom stereocenters. The number of hydrogen-bond donors (Lipinski definition) is 2.